The van der Waals surface area contributed by atoms with Gasteiger partial charge in [-0.15, -0.1) is 0 Å². The first-order valence-electron chi connectivity index (χ1n) is 4.30. The lowest BCUT2D eigenvalue weighted by molar-refractivity contribution is 0.560. The van der Waals surface area contributed by atoms with Crippen LogP contribution in [0.2, 0.25) is 0 Å². The van der Waals surface area contributed by atoms with E-state index in [0.29, 0.717) is 10.6 Å². The minimum absolute atomic E-state index is 0.413. The summed E-state index contributed by atoms with van der Waals surface area (Å²) in [5.74, 6) is 0. The van der Waals surface area contributed by atoms with Crippen molar-refractivity contribution in [1.82, 2.24) is 9.78 Å². The zero-order valence-corrected chi connectivity index (χ0v) is 8.67. The number of rotatable bonds is 4. The molecule has 1 rings (SSSR count). The van der Waals surface area contributed by atoms with Crippen LogP contribution in [0.4, 0.5) is 0 Å². The van der Waals surface area contributed by atoms with E-state index in [0.717, 1.165) is 19.4 Å². The van der Waals surface area contributed by atoms with Crippen LogP contribution >= 0.6 is 0 Å². The highest BCUT2D eigenvalue weighted by molar-refractivity contribution is 7.79. The molecule has 0 saturated heterocycles. The van der Waals surface area contributed by atoms with Crippen LogP contribution in [0.3, 0.4) is 0 Å². The lowest BCUT2D eigenvalue weighted by Gasteiger charge is -1.96. The Morgan fingerprint density at radius 1 is 1.69 bits per heavy atom. The summed E-state index contributed by atoms with van der Waals surface area (Å²) >= 11 is -1.91. The predicted octanol–water partition coefficient (Wildman–Crippen LogP) is 1.57. The Morgan fingerprint density at radius 2 is 2.38 bits per heavy atom. The van der Waals surface area contributed by atoms with Gasteiger partial charge in [0.25, 0.3) is 0 Å². The molecule has 0 aliphatic heterocycles. The van der Waals surface area contributed by atoms with Crippen LogP contribution in [-0.2, 0) is 17.6 Å². The molecule has 1 aromatic rings. The largest absolute Gasteiger partial charge is 0.302 e. The molecule has 0 saturated carbocycles. The van der Waals surface area contributed by atoms with E-state index in [9.17, 15) is 4.21 Å². The third-order valence-corrected chi connectivity index (χ3v) is 2.61. The van der Waals surface area contributed by atoms with Crippen LogP contribution in [0.1, 0.15) is 25.5 Å². The highest BCUT2D eigenvalue weighted by Gasteiger charge is 2.08. The van der Waals surface area contributed by atoms with Crippen LogP contribution in [0.25, 0.3) is 0 Å². The Bertz CT molecular complexity index is 309. The van der Waals surface area contributed by atoms with E-state index in [-0.39, 0.29) is 0 Å². The third kappa shape index (κ3) is 2.63. The van der Waals surface area contributed by atoms with Crippen LogP contribution in [0, 0.1) is 6.92 Å². The van der Waals surface area contributed by atoms with Crippen molar-refractivity contribution in [3.05, 3.63) is 11.9 Å². The molecule has 0 bridgehead atoms. The average molecular weight is 202 g/mol. The topological polar surface area (TPSA) is 55.1 Å². The summed E-state index contributed by atoms with van der Waals surface area (Å²) in [6.07, 6.45) is 3.77. The van der Waals surface area contributed by atoms with Gasteiger partial charge >= 0.3 is 0 Å². The first-order chi connectivity index (χ1) is 6.15. The maximum absolute atomic E-state index is 10.8. The summed E-state index contributed by atoms with van der Waals surface area (Å²) < 4.78 is 21.4. The van der Waals surface area contributed by atoms with Crippen molar-refractivity contribution in [1.29, 1.82) is 0 Å². The molecule has 0 aromatic carbocycles. The molecule has 0 aliphatic carbocycles. The minimum Gasteiger partial charge on any atom is -0.302 e. The number of nitrogens with zero attached hydrogens (tertiary/aromatic N) is 2. The normalized spacial score (nSPS) is 13.2. The van der Waals surface area contributed by atoms with E-state index in [2.05, 4.69) is 12.0 Å². The minimum atomic E-state index is -1.91. The molecule has 0 amide bonds. The Hall–Kier alpha value is -0.680. The van der Waals surface area contributed by atoms with E-state index in [4.69, 9.17) is 4.55 Å². The number of hydrogen-bond donors (Lipinski definition) is 1. The predicted molar refractivity (Wildman–Crippen MR) is 50.9 cm³/mol. The van der Waals surface area contributed by atoms with Gasteiger partial charge in [0, 0.05) is 12.7 Å². The zero-order valence-electron chi connectivity index (χ0n) is 7.86. The van der Waals surface area contributed by atoms with Gasteiger partial charge < -0.3 is 4.55 Å². The smallest absolute Gasteiger partial charge is 0.190 e. The van der Waals surface area contributed by atoms with Crippen LogP contribution in [-0.4, -0.2) is 18.5 Å². The molecular formula is C8H14N2O2S. The fourth-order valence-electron chi connectivity index (χ4n) is 1.11. The SMILES string of the molecule is CCCCn1cc(S(=O)O)c(C)n1. The van der Waals surface area contributed by atoms with Gasteiger partial charge in [0.1, 0.15) is 4.90 Å². The Balaban J connectivity index is 2.76. The molecule has 0 spiro atoms. The monoisotopic (exact) mass is 202 g/mol. The lowest BCUT2D eigenvalue weighted by atomic mass is 10.3. The second kappa shape index (κ2) is 4.53. The van der Waals surface area contributed by atoms with Crippen LogP contribution in [0.5, 0.6) is 0 Å². The second-order valence-corrected chi connectivity index (χ2v) is 3.88. The Kier molecular flexibility index (Phi) is 3.62. The summed E-state index contributed by atoms with van der Waals surface area (Å²) in [6, 6.07) is 0. The van der Waals surface area contributed by atoms with Gasteiger partial charge in [-0.1, -0.05) is 13.3 Å². The molecule has 0 radical (unpaired) electrons. The molecule has 13 heavy (non-hydrogen) atoms. The van der Waals surface area contributed by atoms with Crippen molar-refractivity contribution >= 4 is 11.1 Å². The summed E-state index contributed by atoms with van der Waals surface area (Å²) in [4.78, 5) is 0.413. The van der Waals surface area contributed by atoms with Crippen molar-refractivity contribution in [2.24, 2.45) is 0 Å². The molecule has 0 fully saturated rings. The molecule has 74 valence electrons. The highest BCUT2D eigenvalue weighted by atomic mass is 32.2. The van der Waals surface area contributed by atoms with Crippen LogP contribution < -0.4 is 0 Å². The standard InChI is InChI=1S/C8H14N2O2S/c1-3-4-5-10-6-8(13(11)12)7(2)9-10/h6H,3-5H2,1-2H3,(H,11,12). The first kappa shape index (κ1) is 10.4. The number of aromatic nitrogens is 2. The van der Waals surface area contributed by atoms with Gasteiger partial charge in [0.2, 0.25) is 0 Å². The first-order valence-corrected chi connectivity index (χ1v) is 5.40. The van der Waals surface area contributed by atoms with Gasteiger partial charge in [0.15, 0.2) is 11.1 Å². The Labute approximate surface area is 80.2 Å². The van der Waals surface area contributed by atoms with Gasteiger partial charge in [-0.25, -0.2) is 4.21 Å². The maximum atomic E-state index is 10.8. The average Bonchev–Trinajstić information content (AvgIpc) is 2.43. The molecule has 1 atom stereocenters. The summed E-state index contributed by atoms with van der Waals surface area (Å²) in [6.45, 7) is 4.65. The molecule has 0 aliphatic rings. The van der Waals surface area contributed by atoms with Gasteiger partial charge in [-0.05, 0) is 13.3 Å². The lowest BCUT2D eigenvalue weighted by Crippen LogP contribution is -1.97. The summed E-state index contributed by atoms with van der Waals surface area (Å²) in [5, 5.41) is 4.13. The zero-order chi connectivity index (χ0) is 9.84. The van der Waals surface area contributed by atoms with Crippen molar-refractivity contribution in [3.63, 3.8) is 0 Å². The number of unbranched alkanes of at least 4 members (excludes halogenated alkanes) is 1. The van der Waals surface area contributed by atoms with Gasteiger partial charge in [-0.3, -0.25) is 4.68 Å². The molecule has 4 nitrogen and oxygen atoms in total. The summed E-state index contributed by atoms with van der Waals surface area (Å²) in [5.41, 5.74) is 0.636. The van der Waals surface area contributed by atoms with Crippen molar-refractivity contribution in [2.45, 2.75) is 38.1 Å². The van der Waals surface area contributed by atoms with E-state index in [1.54, 1.807) is 17.8 Å². The van der Waals surface area contributed by atoms with E-state index >= 15 is 0 Å². The Morgan fingerprint density at radius 3 is 2.85 bits per heavy atom. The highest BCUT2D eigenvalue weighted by Crippen LogP contribution is 2.09. The molecule has 1 heterocycles. The fourth-order valence-corrected chi connectivity index (χ4v) is 1.61. The summed E-state index contributed by atoms with van der Waals surface area (Å²) in [7, 11) is 0. The van der Waals surface area contributed by atoms with Gasteiger partial charge in [0.05, 0.1) is 5.69 Å². The van der Waals surface area contributed by atoms with Crippen LogP contribution in [0.15, 0.2) is 11.1 Å². The fraction of sp³-hybridized carbons (Fsp3) is 0.625. The van der Waals surface area contributed by atoms with E-state index in [1.165, 1.54) is 0 Å². The van der Waals surface area contributed by atoms with Crippen molar-refractivity contribution in [3.8, 4) is 0 Å². The van der Waals surface area contributed by atoms with Gasteiger partial charge in [-0.2, -0.15) is 5.10 Å². The number of aryl methyl sites for hydroxylation is 2. The third-order valence-electron chi connectivity index (χ3n) is 1.83. The molecule has 1 unspecified atom stereocenters. The van der Waals surface area contributed by atoms with Crippen molar-refractivity contribution in [2.75, 3.05) is 0 Å². The molecule has 5 heteroatoms. The van der Waals surface area contributed by atoms with Crippen molar-refractivity contribution < 1.29 is 8.76 Å². The second-order valence-electron chi connectivity index (χ2n) is 2.94. The molecule has 1 aromatic heterocycles. The van der Waals surface area contributed by atoms with E-state index in [1.807, 2.05) is 0 Å². The maximum Gasteiger partial charge on any atom is 0.190 e. The molecule has 1 N–H and O–H groups in total. The quantitative estimate of drug-likeness (QED) is 0.754. The molecular weight excluding hydrogens is 188 g/mol. The number of hydrogen-bond acceptors (Lipinski definition) is 2. The van der Waals surface area contributed by atoms with E-state index < -0.39 is 11.1 Å².